The van der Waals surface area contributed by atoms with Gasteiger partial charge in [-0.05, 0) is 24.5 Å². The molecule has 2 heterocycles. The topological polar surface area (TPSA) is 15.8 Å². The predicted molar refractivity (Wildman–Crippen MR) is 82.0 cm³/mol. The van der Waals surface area contributed by atoms with Gasteiger partial charge in [0.25, 0.3) is 0 Å². The maximum atomic E-state index is 5.61. The summed E-state index contributed by atoms with van der Waals surface area (Å²) in [5.74, 6) is 0. The monoisotopic (exact) mass is 265 g/mol. The summed E-state index contributed by atoms with van der Waals surface area (Å²) >= 11 is 0. The van der Waals surface area contributed by atoms with Crippen molar-refractivity contribution >= 4 is 5.69 Å². The molecule has 0 saturated carbocycles. The zero-order valence-electron chi connectivity index (χ0n) is 11.6. The van der Waals surface area contributed by atoms with Crippen LogP contribution in [0.5, 0.6) is 0 Å². The number of epoxide rings is 1. The van der Waals surface area contributed by atoms with Crippen molar-refractivity contribution < 1.29 is 4.74 Å². The third kappa shape index (κ3) is 2.10. The van der Waals surface area contributed by atoms with Gasteiger partial charge < -0.3 is 9.64 Å². The molecule has 0 atom stereocenters. The first-order chi connectivity index (χ1) is 9.86. The SMILES string of the molecule is c1ccc(-c2ccccc2N2CCC3(CC2)CO3)cc1. The highest BCUT2D eigenvalue weighted by Gasteiger charge is 2.46. The fourth-order valence-electron chi connectivity index (χ4n) is 3.16. The first kappa shape index (κ1) is 12.0. The van der Waals surface area contributed by atoms with Gasteiger partial charge >= 0.3 is 0 Å². The molecule has 2 aromatic rings. The number of hydrogen-bond donors (Lipinski definition) is 0. The molecule has 2 aliphatic heterocycles. The number of piperidine rings is 1. The van der Waals surface area contributed by atoms with Crippen molar-refractivity contribution in [3.63, 3.8) is 0 Å². The lowest BCUT2D eigenvalue weighted by molar-refractivity contribution is 0.259. The molecule has 2 fully saturated rings. The Morgan fingerprint density at radius 3 is 2.20 bits per heavy atom. The van der Waals surface area contributed by atoms with Gasteiger partial charge in [0.15, 0.2) is 0 Å². The van der Waals surface area contributed by atoms with Crippen LogP contribution in [0, 0.1) is 0 Å². The number of nitrogens with zero attached hydrogens (tertiary/aromatic N) is 1. The highest BCUT2D eigenvalue weighted by atomic mass is 16.6. The Balaban J connectivity index is 1.65. The van der Waals surface area contributed by atoms with Gasteiger partial charge in [-0.2, -0.15) is 0 Å². The molecule has 2 aliphatic rings. The molecule has 1 spiro atoms. The molecule has 102 valence electrons. The van der Waals surface area contributed by atoms with Crippen LogP contribution in [0.3, 0.4) is 0 Å². The summed E-state index contributed by atoms with van der Waals surface area (Å²) < 4.78 is 5.61. The summed E-state index contributed by atoms with van der Waals surface area (Å²) in [5.41, 5.74) is 4.24. The van der Waals surface area contributed by atoms with Gasteiger partial charge in [-0.15, -0.1) is 0 Å². The molecule has 0 aromatic heterocycles. The summed E-state index contributed by atoms with van der Waals surface area (Å²) in [5, 5.41) is 0. The zero-order valence-corrected chi connectivity index (χ0v) is 11.6. The molecule has 0 N–H and O–H groups in total. The molecule has 4 rings (SSSR count). The van der Waals surface area contributed by atoms with Gasteiger partial charge in [0.05, 0.1) is 12.2 Å². The van der Waals surface area contributed by atoms with Crippen molar-refractivity contribution in [1.82, 2.24) is 0 Å². The lowest BCUT2D eigenvalue weighted by Crippen LogP contribution is -2.37. The second kappa shape index (κ2) is 4.64. The van der Waals surface area contributed by atoms with Crippen molar-refractivity contribution in [1.29, 1.82) is 0 Å². The van der Waals surface area contributed by atoms with Crippen molar-refractivity contribution in [3.05, 3.63) is 54.6 Å². The lowest BCUT2D eigenvalue weighted by Gasteiger charge is -2.33. The first-order valence-corrected chi connectivity index (χ1v) is 7.40. The van der Waals surface area contributed by atoms with E-state index in [1.807, 2.05) is 0 Å². The maximum Gasteiger partial charge on any atom is 0.0950 e. The third-order valence-corrected chi connectivity index (χ3v) is 4.56. The number of hydrogen-bond acceptors (Lipinski definition) is 2. The van der Waals surface area contributed by atoms with Crippen LogP contribution < -0.4 is 4.90 Å². The van der Waals surface area contributed by atoms with E-state index in [0.717, 1.165) is 32.5 Å². The van der Waals surface area contributed by atoms with Gasteiger partial charge in [-0.25, -0.2) is 0 Å². The molecule has 2 saturated heterocycles. The second-order valence-corrected chi connectivity index (χ2v) is 5.84. The van der Waals surface area contributed by atoms with E-state index < -0.39 is 0 Å². The summed E-state index contributed by atoms with van der Waals surface area (Å²) in [7, 11) is 0. The van der Waals surface area contributed by atoms with Crippen LogP contribution in [-0.2, 0) is 4.74 Å². The Hall–Kier alpha value is -1.80. The highest BCUT2D eigenvalue weighted by Crippen LogP contribution is 2.40. The summed E-state index contributed by atoms with van der Waals surface area (Å²) in [6.45, 7) is 3.18. The van der Waals surface area contributed by atoms with Crippen molar-refractivity contribution in [2.24, 2.45) is 0 Å². The van der Waals surface area contributed by atoms with Crippen LogP contribution in [0.15, 0.2) is 54.6 Å². The minimum atomic E-state index is 0.248. The molecule has 2 aromatic carbocycles. The molecular weight excluding hydrogens is 246 g/mol. The van der Waals surface area contributed by atoms with E-state index in [2.05, 4.69) is 59.5 Å². The van der Waals surface area contributed by atoms with Crippen molar-refractivity contribution in [2.75, 3.05) is 24.6 Å². The number of benzene rings is 2. The molecule has 0 bridgehead atoms. The number of ether oxygens (including phenoxy) is 1. The quantitative estimate of drug-likeness (QED) is 0.769. The van der Waals surface area contributed by atoms with E-state index in [1.54, 1.807) is 0 Å². The Labute approximate surface area is 120 Å². The number of para-hydroxylation sites is 1. The van der Waals surface area contributed by atoms with E-state index in [-0.39, 0.29) is 5.60 Å². The normalized spacial score (nSPS) is 20.1. The average Bonchev–Trinajstić information content (AvgIpc) is 3.28. The molecular formula is C18H19NO. The summed E-state index contributed by atoms with van der Waals surface area (Å²) in [6.07, 6.45) is 2.33. The molecule has 0 unspecified atom stereocenters. The number of rotatable bonds is 2. The third-order valence-electron chi connectivity index (χ3n) is 4.56. The fourth-order valence-corrected chi connectivity index (χ4v) is 3.16. The van der Waals surface area contributed by atoms with Crippen LogP contribution in [0.1, 0.15) is 12.8 Å². The average molecular weight is 265 g/mol. The standard InChI is InChI=1S/C18H19NO/c1-2-6-15(7-3-1)16-8-4-5-9-17(16)19-12-10-18(11-13-19)14-20-18/h1-9H,10-14H2. The van der Waals surface area contributed by atoms with Crippen molar-refractivity contribution in [2.45, 2.75) is 18.4 Å². The summed E-state index contributed by atoms with van der Waals surface area (Å²) in [4.78, 5) is 2.51. The van der Waals surface area contributed by atoms with E-state index in [4.69, 9.17) is 4.74 Å². The van der Waals surface area contributed by atoms with E-state index in [1.165, 1.54) is 16.8 Å². The van der Waals surface area contributed by atoms with E-state index in [0.29, 0.717) is 0 Å². The van der Waals surface area contributed by atoms with Crippen LogP contribution in [0.25, 0.3) is 11.1 Å². The van der Waals surface area contributed by atoms with Gasteiger partial charge in [0.1, 0.15) is 0 Å². The van der Waals surface area contributed by atoms with Crippen molar-refractivity contribution in [3.8, 4) is 11.1 Å². The molecule has 0 radical (unpaired) electrons. The number of anilines is 1. The van der Waals surface area contributed by atoms with Gasteiger partial charge in [0.2, 0.25) is 0 Å². The fraction of sp³-hybridized carbons (Fsp3) is 0.333. The minimum absolute atomic E-state index is 0.248. The minimum Gasteiger partial charge on any atom is -0.371 e. The largest absolute Gasteiger partial charge is 0.371 e. The smallest absolute Gasteiger partial charge is 0.0950 e. The van der Waals surface area contributed by atoms with Gasteiger partial charge in [0, 0.05) is 24.3 Å². The predicted octanol–water partition coefficient (Wildman–Crippen LogP) is 3.72. The molecule has 2 nitrogen and oxygen atoms in total. The first-order valence-electron chi connectivity index (χ1n) is 7.40. The van der Waals surface area contributed by atoms with E-state index >= 15 is 0 Å². The Bertz CT molecular complexity index is 594. The Morgan fingerprint density at radius 2 is 1.50 bits per heavy atom. The van der Waals surface area contributed by atoms with Crippen LogP contribution in [0.2, 0.25) is 0 Å². The lowest BCUT2D eigenvalue weighted by atomic mass is 9.95. The highest BCUT2D eigenvalue weighted by molar-refractivity contribution is 5.78. The van der Waals surface area contributed by atoms with Gasteiger partial charge in [-0.1, -0.05) is 48.5 Å². The van der Waals surface area contributed by atoms with Crippen LogP contribution in [-0.4, -0.2) is 25.3 Å². The van der Waals surface area contributed by atoms with E-state index in [9.17, 15) is 0 Å². The van der Waals surface area contributed by atoms with Crippen LogP contribution in [0.4, 0.5) is 5.69 Å². The molecule has 0 amide bonds. The second-order valence-electron chi connectivity index (χ2n) is 5.84. The zero-order chi connectivity index (χ0) is 13.4. The maximum absolute atomic E-state index is 5.61. The molecule has 20 heavy (non-hydrogen) atoms. The molecule has 0 aliphatic carbocycles. The van der Waals surface area contributed by atoms with Gasteiger partial charge in [-0.3, -0.25) is 0 Å². The Kier molecular flexibility index (Phi) is 2.78. The van der Waals surface area contributed by atoms with Crippen LogP contribution >= 0.6 is 0 Å². The summed E-state index contributed by atoms with van der Waals surface area (Å²) in [6, 6.07) is 19.4. The molecule has 2 heteroatoms. The Morgan fingerprint density at radius 1 is 0.850 bits per heavy atom.